The molecule has 2 atom stereocenters. The van der Waals surface area contributed by atoms with Crippen LogP contribution in [0.5, 0.6) is 0 Å². The maximum absolute atomic E-state index is 13.1. The van der Waals surface area contributed by atoms with Gasteiger partial charge in [0.1, 0.15) is 0 Å². The average Bonchev–Trinajstić information content (AvgIpc) is 2.44. The lowest BCUT2D eigenvalue weighted by atomic mass is 9.89. The minimum Gasteiger partial charge on any atom is -0.469 e. The zero-order chi connectivity index (χ0) is 14.7. The highest BCUT2D eigenvalue weighted by atomic mass is 19.2. The van der Waals surface area contributed by atoms with Crippen molar-refractivity contribution in [3.05, 3.63) is 35.1 Å². The van der Waals surface area contributed by atoms with Gasteiger partial charge in [0.15, 0.2) is 17.5 Å². The third kappa shape index (κ3) is 3.30. The zero-order valence-corrected chi connectivity index (χ0v) is 11.1. The SMILES string of the molecule is COC(=O)C1CCNC(Cc2cc(F)c(F)c(F)c2)C1. The van der Waals surface area contributed by atoms with Crippen molar-refractivity contribution in [2.24, 2.45) is 5.92 Å². The molecule has 110 valence electrons. The number of methoxy groups -OCH3 is 1. The van der Waals surface area contributed by atoms with Gasteiger partial charge in [-0.25, -0.2) is 13.2 Å². The van der Waals surface area contributed by atoms with Crippen LogP contribution in [0.4, 0.5) is 13.2 Å². The van der Waals surface area contributed by atoms with E-state index in [1.807, 2.05) is 0 Å². The van der Waals surface area contributed by atoms with Gasteiger partial charge in [-0.05, 0) is 43.5 Å². The summed E-state index contributed by atoms with van der Waals surface area (Å²) in [6.45, 7) is 0.636. The largest absolute Gasteiger partial charge is 0.469 e. The van der Waals surface area contributed by atoms with Gasteiger partial charge < -0.3 is 10.1 Å². The molecule has 0 spiro atoms. The summed E-state index contributed by atoms with van der Waals surface area (Å²) in [5, 5.41) is 3.18. The molecule has 1 saturated heterocycles. The molecule has 2 rings (SSSR count). The summed E-state index contributed by atoms with van der Waals surface area (Å²) in [4.78, 5) is 11.5. The molecular weight excluding hydrogens is 271 g/mol. The molecule has 0 aromatic heterocycles. The second-order valence-electron chi connectivity index (χ2n) is 4.97. The van der Waals surface area contributed by atoms with E-state index < -0.39 is 17.5 Å². The van der Waals surface area contributed by atoms with Crippen molar-refractivity contribution >= 4 is 5.97 Å². The van der Waals surface area contributed by atoms with Crippen LogP contribution >= 0.6 is 0 Å². The van der Waals surface area contributed by atoms with E-state index in [1.165, 1.54) is 7.11 Å². The van der Waals surface area contributed by atoms with Crippen molar-refractivity contribution < 1.29 is 22.7 Å². The van der Waals surface area contributed by atoms with Crippen molar-refractivity contribution in [2.75, 3.05) is 13.7 Å². The number of hydrogen-bond donors (Lipinski definition) is 1. The van der Waals surface area contributed by atoms with Crippen molar-refractivity contribution in [1.82, 2.24) is 5.32 Å². The third-order valence-electron chi connectivity index (χ3n) is 3.56. The van der Waals surface area contributed by atoms with Crippen LogP contribution in [0, 0.1) is 23.4 Å². The Kier molecular flexibility index (Phi) is 4.65. The number of carbonyl (C=O) groups excluding carboxylic acids is 1. The molecule has 6 heteroatoms. The predicted octanol–water partition coefficient (Wildman–Crippen LogP) is 2.19. The van der Waals surface area contributed by atoms with Crippen molar-refractivity contribution in [3.63, 3.8) is 0 Å². The molecule has 1 aromatic carbocycles. The summed E-state index contributed by atoms with van der Waals surface area (Å²) in [5.74, 6) is -4.33. The van der Waals surface area contributed by atoms with Gasteiger partial charge in [0, 0.05) is 6.04 Å². The number of nitrogens with one attached hydrogen (secondary N) is 1. The topological polar surface area (TPSA) is 38.3 Å². The van der Waals surface area contributed by atoms with Gasteiger partial charge in [-0.15, -0.1) is 0 Å². The Morgan fingerprint density at radius 1 is 1.35 bits per heavy atom. The molecule has 1 fully saturated rings. The van der Waals surface area contributed by atoms with E-state index in [-0.39, 0.29) is 17.9 Å². The van der Waals surface area contributed by atoms with Crippen LogP contribution in [0.2, 0.25) is 0 Å². The molecule has 1 aromatic rings. The van der Waals surface area contributed by atoms with Gasteiger partial charge in [0.25, 0.3) is 0 Å². The Labute approximate surface area is 115 Å². The quantitative estimate of drug-likeness (QED) is 0.684. The highest BCUT2D eigenvalue weighted by Gasteiger charge is 2.28. The molecule has 0 bridgehead atoms. The normalized spacial score (nSPS) is 22.6. The fourth-order valence-electron chi connectivity index (χ4n) is 2.55. The molecule has 0 saturated carbocycles. The average molecular weight is 287 g/mol. The molecule has 3 nitrogen and oxygen atoms in total. The molecule has 1 heterocycles. The van der Waals surface area contributed by atoms with Crippen LogP contribution in [-0.2, 0) is 16.0 Å². The highest BCUT2D eigenvalue weighted by molar-refractivity contribution is 5.72. The number of benzene rings is 1. The van der Waals surface area contributed by atoms with E-state index >= 15 is 0 Å². The van der Waals surface area contributed by atoms with Crippen molar-refractivity contribution in [3.8, 4) is 0 Å². The maximum Gasteiger partial charge on any atom is 0.308 e. The van der Waals surface area contributed by atoms with Crippen LogP contribution in [0.3, 0.4) is 0 Å². The van der Waals surface area contributed by atoms with Crippen molar-refractivity contribution in [1.29, 1.82) is 0 Å². The lowest BCUT2D eigenvalue weighted by Gasteiger charge is -2.28. The molecule has 1 N–H and O–H groups in total. The summed E-state index contributed by atoms with van der Waals surface area (Å²) in [6, 6.07) is 1.89. The van der Waals surface area contributed by atoms with Gasteiger partial charge in [-0.1, -0.05) is 0 Å². The van der Waals surface area contributed by atoms with Gasteiger partial charge in [-0.3, -0.25) is 4.79 Å². The van der Waals surface area contributed by atoms with Crippen LogP contribution in [0.1, 0.15) is 18.4 Å². The monoisotopic (exact) mass is 287 g/mol. The van der Waals surface area contributed by atoms with Gasteiger partial charge in [-0.2, -0.15) is 0 Å². The fraction of sp³-hybridized carbons (Fsp3) is 0.500. The summed E-state index contributed by atoms with van der Waals surface area (Å²) in [7, 11) is 1.34. The Bertz CT molecular complexity index is 484. The van der Waals surface area contributed by atoms with E-state index in [0.29, 0.717) is 31.4 Å². The standard InChI is InChI=1S/C14H16F3NO2/c1-20-14(19)9-2-3-18-10(7-9)4-8-5-11(15)13(17)12(16)6-8/h5-6,9-10,18H,2-4,7H2,1H3. The minimum atomic E-state index is -1.46. The summed E-state index contributed by atoms with van der Waals surface area (Å²) < 4.78 is 43.9. The number of carbonyl (C=O) groups is 1. The number of piperidine rings is 1. The first kappa shape index (κ1) is 14.8. The van der Waals surface area contributed by atoms with E-state index in [1.54, 1.807) is 0 Å². The molecule has 2 unspecified atom stereocenters. The van der Waals surface area contributed by atoms with Gasteiger partial charge >= 0.3 is 5.97 Å². The zero-order valence-electron chi connectivity index (χ0n) is 11.1. The Morgan fingerprint density at radius 3 is 2.60 bits per heavy atom. The first-order chi connectivity index (χ1) is 9.51. The fourth-order valence-corrected chi connectivity index (χ4v) is 2.55. The molecule has 0 aliphatic carbocycles. The van der Waals surface area contributed by atoms with Crippen LogP contribution in [-0.4, -0.2) is 25.7 Å². The number of rotatable bonds is 3. The van der Waals surface area contributed by atoms with E-state index in [4.69, 9.17) is 4.74 Å². The van der Waals surface area contributed by atoms with Crippen LogP contribution < -0.4 is 5.32 Å². The van der Waals surface area contributed by atoms with E-state index in [2.05, 4.69) is 5.32 Å². The van der Waals surface area contributed by atoms with Crippen LogP contribution in [0.25, 0.3) is 0 Å². The van der Waals surface area contributed by atoms with E-state index in [9.17, 15) is 18.0 Å². The van der Waals surface area contributed by atoms with Crippen molar-refractivity contribution in [2.45, 2.75) is 25.3 Å². The minimum absolute atomic E-state index is 0.0860. The molecule has 1 aliphatic heterocycles. The summed E-state index contributed by atoms with van der Waals surface area (Å²) >= 11 is 0. The highest BCUT2D eigenvalue weighted by Crippen LogP contribution is 2.22. The number of halogens is 3. The second kappa shape index (κ2) is 6.26. The Hall–Kier alpha value is -1.56. The summed E-state index contributed by atoms with van der Waals surface area (Å²) in [6.07, 6.45) is 1.55. The second-order valence-corrected chi connectivity index (χ2v) is 4.97. The first-order valence-electron chi connectivity index (χ1n) is 6.46. The molecule has 0 radical (unpaired) electrons. The predicted molar refractivity (Wildman–Crippen MR) is 66.6 cm³/mol. The number of ether oxygens (including phenoxy) is 1. The lowest BCUT2D eigenvalue weighted by molar-refractivity contribution is -0.146. The van der Waals surface area contributed by atoms with Crippen LogP contribution in [0.15, 0.2) is 12.1 Å². The van der Waals surface area contributed by atoms with E-state index in [0.717, 1.165) is 12.1 Å². The molecule has 20 heavy (non-hydrogen) atoms. The smallest absolute Gasteiger partial charge is 0.308 e. The van der Waals surface area contributed by atoms with Gasteiger partial charge in [0.05, 0.1) is 13.0 Å². The molecule has 0 amide bonds. The maximum atomic E-state index is 13.1. The first-order valence-corrected chi connectivity index (χ1v) is 6.46. The van der Waals surface area contributed by atoms with Gasteiger partial charge in [0.2, 0.25) is 0 Å². The number of hydrogen-bond acceptors (Lipinski definition) is 3. The third-order valence-corrected chi connectivity index (χ3v) is 3.56. The Balaban J connectivity index is 2.04. The molecule has 1 aliphatic rings. The molecular formula is C14H16F3NO2. The number of esters is 1. The lowest BCUT2D eigenvalue weighted by Crippen LogP contribution is -2.42. The Morgan fingerprint density at radius 2 is 2.00 bits per heavy atom. The summed E-state index contributed by atoms with van der Waals surface area (Å²) in [5.41, 5.74) is 0.365.